The zero-order valence-electron chi connectivity index (χ0n) is 12.0. The molecule has 0 spiro atoms. The molecule has 0 heterocycles. The van der Waals surface area contributed by atoms with Gasteiger partial charge in [-0.05, 0) is 49.1 Å². The van der Waals surface area contributed by atoms with Crippen LogP contribution < -0.4 is 5.32 Å². The van der Waals surface area contributed by atoms with Crippen LogP contribution in [0.5, 0.6) is 0 Å². The van der Waals surface area contributed by atoms with E-state index in [1.54, 1.807) is 0 Å². The number of aliphatic carboxylic acids is 1. The van der Waals surface area contributed by atoms with Crippen molar-refractivity contribution < 1.29 is 14.7 Å². The van der Waals surface area contributed by atoms with Gasteiger partial charge < -0.3 is 10.4 Å². The number of para-hydroxylation sites is 1. The number of nitrogens with one attached hydrogen (secondary N) is 1. The summed E-state index contributed by atoms with van der Waals surface area (Å²) in [5.74, 6) is 0.750. The van der Waals surface area contributed by atoms with Gasteiger partial charge in [0.2, 0.25) is 5.91 Å². The lowest BCUT2D eigenvalue weighted by Crippen LogP contribution is -2.27. The van der Waals surface area contributed by atoms with Crippen molar-refractivity contribution in [2.75, 3.05) is 5.32 Å². The standard InChI is InChI=1S/C17H21NO3/c19-16(20)8-7-12-3-1-2-4-15(12)18-17(21)14-10-11-5-6-13(14)9-11/h1-4,11,13-14H,5-10H2,(H,18,21)(H,19,20). The molecular formula is C17H21NO3. The molecule has 0 aliphatic heterocycles. The quantitative estimate of drug-likeness (QED) is 0.874. The molecule has 112 valence electrons. The van der Waals surface area contributed by atoms with E-state index in [9.17, 15) is 9.59 Å². The highest BCUT2D eigenvalue weighted by Gasteiger charge is 2.43. The Bertz CT molecular complexity index is 555. The van der Waals surface area contributed by atoms with E-state index in [1.165, 1.54) is 19.3 Å². The zero-order chi connectivity index (χ0) is 14.8. The number of hydrogen-bond donors (Lipinski definition) is 2. The van der Waals surface area contributed by atoms with Crippen molar-refractivity contribution in [1.29, 1.82) is 0 Å². The van der Waals surface area contributed by atoms with Crippen molar-refractivity contribution in [2.24, 2.45) is 17.8 Å². The number of carbonyl (C=O) groups excluding carboxylic acids is 1. The highest BCUT2D eigenvalue weighted by Crippen LogP contribution is 2.48. The van der Waals surface area contributed by atoms with Gasteiger partial charge >= 0.3 is 5.97 Å². The van der Waals surface area contributed by atoms with E-state index in [2.05, 4.69) is 5.32 Å². The molecule has 0 radical (unpaired) electrons. The van der Waals surface area contributed by atoms with Crippen molar-refractivity contribution in [1.82, 2.24) is 0 Å². The largest absolute Gasteiger partial charge is 0.481 e. The lowest BCUT2D eigenvalue weighted by atomic mass is 9.88. The molecule has 1 aromatic carbocycles. The monoisotopic (exact) mass is 287 g/mol. The lowest BCUT2D eigenvalue weighted by Gasteiger charge is -2.21. The molecule has 2 bridgehead atoms. The topological polar surface area (TPSA) is 66.4 Å². The third-order valence-electron chi connectivity index (χ3n) is 4.96. The maximum Gasteiger partial charge on any atom is 0.303 e. The van der Waals surface area contributed by atoms with Gasteiger partial charge in [-0.25, -0.2) is 0 Å². The maximum absolute atomic E-state index is 12.5. The molecule has 1 amide bonds. The van der Waals surface area contributed by atoms with Gasteiger partial charge in [0.25, 0.3) is 0 Å². The Morgan fingerprint density at radius 2 is 2.00 bits per heavy atom. The molecule has 3 unspecified atom stereocenters. The normalized spacial score (nSPS) is 26.8. The lowest BCUT2D eigenvalue weighted by molar-refractivity contribution is -0.137. The first kappa shape index (κ1) is 14.1. The molecule has 2 N–H and O–H groups in total. The fourth-order valence-corrected chi connectivity index (χ4v) is 3.89. The second kappa shape index (κ2) is 5.88. The van der Waals surface area contributed by atoms with Crippen molar-refractivity contribution >= 4 is 17.6 Å². The predicted octanol–water partition coefficient (Wildman–Crippen LogP) is 3.08. The number of anilines is 1. The third-order valence-corrected chi connectivity index (χ3v) is 4.96. The summed E-state index contributed by atoms with van der Waals surface area (Å²) in [6, 6.07) is 7.51. The fourth-order valence-electron chi connectivity index (χ4n) is 3.89. The van der Waals surface area contributed by atoms with Crippen LogP contribution in [0.1, 0.15) is 37.7 Å². The van der Waals surface area contributed by atoms with E-state index < -0.39 is 5.97 Å². The van der Waals surface area contributed by atoms with E-state index in [0.29, 0.717) is 12.3 Å². The molecule has 21 heavy (non-hydrogen) atoms. The molecule has 2 aliphatic rings. The van der Waals surface area contributed by atoms with Crippen LogP contribution in [0, 0.1) is 17.8 Å². The molecular weight excluding hydrogens is 266 g/mol. The molecule has 0 aromatic heterocycles. The molecule has 0 saturated heterocycles. The minimum absolute atomic E-state index is 0.0843. The fraction of sp³-hybridized carbons (Fsp3) is 0.529. The summed E-state index contributed by atoms with van der Waals surface area (Å²) in [4.78, 5) is 23.2. The van der Waals surface area contributed by atoms with Crippen molar-refractivity contribution in [3.8, 4) is 0 Å². The van der Waals surface area contributed by atoms with Gasteiger partial charge in [0.1, 0.15) is 0 Å². The molecule has 3 rings (SSSR count). The van der Waals surface area contributed by atoms with E-state index in [4.69, 9.17) is 5.11 Å². The van der Waals surface area contributed by atoms with Gasteiger partial charge in [-0.3, -0.25) is 9.59 Å². The van der Waals surface area contributed by atoms with Crippen molar-refractivity contribution in [3.05, 3.63) is 29.8 Å². The number of carboxylic acids is 1. The Labute approximate surface area is 124 Å². The van der Waals surface area contributed by atoms with E-state index in [0.717, 1.165) is 23.6 Å². The van der Waals surface area contributed by atoms with Gasteiger partial charge in [-0.1, -0.05) is 24.6 Å². The number of benzene rings is 1. The SMILES string of the molecule is O=C(O)CCc1ccccc1NC(=O)C1CC2CCC1C2. The summed E-state index contributed by atoms with van der Waals surface area (Å²) < 4.78 is 0. The van der Waals surface area contributed by atoms with Crippen molar-refractivity contribution in [2.45, 2.75) is 38.5 Å². The Morgan fingerprint density at radius 3 is 2.67 bits per heavy atom. The van der Waals surface area contributed by atoms with Gasteiger partial charge in [0, 0.05) is 18.0 Å². The first-order valence-electron chi connectivity index (χ1n) is 7.74. The third kappa shape index (κ3) is 3.09. The molecule has 4 heteroatoms. The number of aryl methyl sites for hydroxylation is 1. The maximum atomic E-state index is 12.5. The van der Waals surface area contributed by atoms with Crippen LogP contribution in [0.4, 0.5) is 5.69 Å². The number of fused-ring (bicyclic) bond motifs is 2. The molecule has 2 aliphatic carbocycles. The Morgan fingerprint density at radius 1 is 1.19 bits per heavy atom. The van der Waals surface area contributed by atoms with Crippen LogP contribution in [-0.2, 0) is 16.0 Å². The second-order valence-corrected chi connectivity index (χ2v) is 6.32. The molecule has 2 fully saturated rings. The second-order valence-electron chi connectivity index (χ2n) is 6.32. The van der Waals surface area contributed by atoms with Crippen molar-refractivity contribution in [3.63, 3.8) is 0 Å². The van der Waals surface area contributed by atoms with E-state index >= 15 is 0 Å². The summed E-state index contributed by atoms with van der Waals surface area (Å²) in [6.07, 6.45) is 5.23. The number of amides is 1. The summed E-state index contributed by atoms with van der Waals surface area (Å²) in [5.41, 5.74) is 1.67. The minimum Gasteiger partial charge on any atom is -0.481 e. The summed E-state index contributed by atoms with van der Waals surface area (Å²) in [6.45, 7) is 0. The van der Waals surface area contributed by atoms with Gasteiger partial charge in [-0.2, -0.15) is 0 Å². The number of rotatable bonds is 5. The van der Waals surface area contributed by atoms with Gasteiger partial charge in [0.15, 0.2) is 0 Å². The van der Waals surface area contributed by atoms with Crippen LogP contribution in [0.2, 0.25) is 0 Å². The van der Waals surface area contributed by atoms with E-state index in [1.807, 2.05) is 24.3 Å². The molecule has 2 saturated carbocycles. The van der Waals surface area contributed by atoms with Crippen LogP contribution in [0.15, 0.2) is 24.3 Å². The molecule has 3 atom stereocenters. The number of hydrogen-bond acceptors (Lipinski definition) is 2. The van der Waals surface area contributed by atoms with Gasteiger partial charge in [0.05, 0.1) is 0 Å². The predicted molar refractivity (Wildman–Crippen MR) is 80.0 cm³/mol. The van der Waals surface area contributed by atoms with Crippen LogP contribution in [0.3, 0.4) is 0 Å². The molecule has 4 nitrogen and oxygen atoms in total. The Kier molecular flexibility index (Phi) is 3.95. The highest BCUT2D eigenvalue weighted by molar-refractivity contribution is 5.93. The molecule has 1 aromatic rings. The summed E-state index contributed by atoms with van der Waals surface area (Å²) >= 11 is 0. The Balaban J connectivity index is 1.67. The Hall–Kier alpha value is -1.84. The summed E-state index contributed by atoms with van der Waals surface area (Å²) in [5, 5.41) is 11.8. The van der Waals surface area contributed by atoms with Crippen LogP contribution >= 0.6 is 0 Å². The van der Waals surface area contributed by atoms with Crippen LogP contribution in [0.25, 0.3) is 0 Å². The van der Waals surface area contributed by atoms with Crippen LogP contribution in [-0.4, -0.2) is 17.0 Å². The number of carboxylic acid groups (broad SMARTS) is 1. The van der Waals surface area contributed by atoms with Gasteiger partial charge in [-0.15, -0.1) is 0 Å². The smallest absolute Gasteiger partial charge is 0.303 e. The average molecular weight is 287 g/mol. The minimum atomic E-state index is -0.816. The number of carbonyl (C=O) groups is 2. The first-order valence-corrected chi connectivity index (χ1v) is 7.74. The highest BCUT2D eigenvalue weighted by atomic mass is 16.4. The average Bonchev–Trinajstić information content (AvgIpc) is 3.09. The zero-order valence-corrected chi connectivity index (χ0v) is 12.0. The van der Waals surface area contributed by atoms with E-state index in [-0.39, 0.29) is 18.2 Å². The summed E-state index contributed by atoms with van der Waals surface area (Å²) in [7, 11) is 0. The first-order chi connectivity index (χ1) is 10.1.